The molecule has 0 aromatic heterocycles. The average molecular weight is 349 g/mol. The van der Waals surface area contributed by atoms with E-state index >= 15 is 0 Å². The molecule has 2 rings (SSSR count). The number of benzene rings is 2. The molecule has 0 bridgehead atoms. The molecule has 0 aliphatic heterocycles. The summed E-state index contributed by atoms with van der Waals surface area (Å²) in [5, 5.41) is 3.65. The van der Waals surface area contributed by atoms with Crippen LogP contribution in [0.15, 0.2) is 40.9 Å². The number of rotatable bonds is 3. The minimum Gasteiger partial charge on any atom is -0.379 e. The van der Waals surface area contributed by atoms with Gasteiger partial charge in [0, 0.05) is 11.0 Å². The molecule has 0 aliphatic rings. The van der Waals surface area contributed by atoms with E-state index in [0.29, 0.717) is 12.2 Å². The fourth-order valence-electron chi connectivity index (χ4n) is 1.55. The van der Waals surface area contributed by atoms with Gasteiger partial charge >= 0.3 is 0 Å². The second-order valence-electron chi connectivity index (χ2n) is 3.73. The monoisotopic (exact) mass is 347 g/mol. The Morgan fingerprint density at radius 3 is 2.39 bits per heavy atom. The van der Waals surface area contributed by atoms with Crippen molar-refractivity contribution in [3.05, 3.63) is 62.3 Å². The van der Waals surface area contributed by atoms with Crippen LogP contribution in [0.4, 0.5) is 10.1 Å². The van der Waals surface area contributed by atoms with Crippen LogP contribution in [0.5, 0.6) is 0 Å². The predicted molar refractivity (Wildman–Crippen MR) is 77.9 cm³/mol. The molecule has 0 atom stereocenters. The highest BCUT2D eigenvalue weighted by molar-refractivity contribution is 9.10. The normalized spacial score (nSPS) is 10.4. The van der Waals surface area contributed by atoms with Gasteiger partial charge in [0.1, 0.15) is 5.82 Å². The summed E-state index contributed by atoms with van der Waals surface area (Å²) in [6, 6.07) is 10.3. The second kappa shape index (κ2) is 5.91. The van der Waals surface area contributed by atoms with Gasteiger partial charge in [0.25, 0.3) is 0 Å². The summed E-state index contributed by atoms with van der Waals surface area (Å²) in [6.07, 6.45) is 0. The maximum atomic E-state index is 13.0. The molecule has 2 aromatic rings. The van der Waals surface area contributed by atoms with E-state index < -0.39 is 5.82 Å². The van der Waals surface area contributed by atoms with Crippen LogP contribution in [0, 0.1) is 5.82 Å². The standard InChI is InChI=1S/C13H9BrCl2FN/c14-9-3-1-2-8(4-9)7-18-13-11(15)5-10(17)6-12(13)16/h1-6,18H,7H2. The Morgan fingerprint density at radius 1 is 1.11 bits per heavy atom. The Kier molecular flexibility index (Phi) is 4.49. The molecular formula is C13H9BrCl2FN. The fraction of sp³-hybridized carbons (Fsp3) is 0.0769. The zero-order chi connectivity index (χ0) is 13.1. The minimum atomic E-state index is -0.446. The van der Waals surface area contributed by atoms with Crippen molar-refractivity contribution in [2.45, 2.75) is 6.54 Å². The molecule has 0 amide bonds. The molecule has 0 aliphatic carbocycles. The van der Waals surface area contributed by atoms with E-state index in [0.717, 1.165) is 10.0 Å². The van der Waals surface area contributed by atoms with Gasteiger partial charge in [-0.1, -0.05) is 51.3 Å². The highest BCUT2D eigenvalue weighted by Crippen LogP contribution is 2.31. The average Bonchev–Trinajstić information content (AvgIpc) is 2.27. The van der Waals surface area contributed by atoms with E-state index in [1.807, 2.05) is 24.3 Å². The molecule has 0 fully saturated rings. The molecule has 0 heterocycles. The third kappa shape index (κ3) is 3.37. The van der Waals surface area contributed by atoms with Gasteiger partial charge < -0.3 is 5.32 Å². The second-order valence-corrected chi connectivity index (χ2v) is 5.46. The van der Waals surface area contributed by atoms with Crippen molar-refractivity contribution in [3.63, 3.8) is 0 Å². The van der Waals surface area contributed by atoms with Crippen molar-refractivity contribution in [2.75, 3.05) is 5.32 Å². The van der Waals surface area contributed by atoms with E-state index in [4.69, 9.17) is 23.2 Å². The van der Waals surface area contributed by atoms with E-state index in [2.05, 4.69) is 21.2 Å². The van der Waals surface area contributed by atoms with Gasteiger partial charge in [0.05, 0.1) is 15.7 Å². The topological polar surface area (TPSA) is 12.0 Å². The fourth-order valence-corrected chi connectivity index (χ4v) is 2.59. The minimum absolute atomic E-state index is 0.273. The largest absolute Gasteiger partial charge is 0.379 e. The lowest BCUT2D eigenvalue weighted by molar-refractivity contribution is 0.628. The number of anilines is 1. The number of hydrogen-bond acceptors (Lipinski definition) is 1. The van der Waals surface area contributed by atoms with Crippen molar-refractivity contribution < 1.29 is 4.39 Å². The van der Waals surface area contributed by atoms with Crippen LogP contribution >= 0.6 is 39.1 Å². The van der Waals surface area contributed by atoms with Crippen molar-refractivity contribution in [2.24, 2.45) is 0 Å². The Labute approximate surface area is 123 Å². The van der Waals surface area contributed by atoms with Crippen molar-refractivity contribution in [1.29, 1.82) is 0 Å². The van der Waals surface area contributed by atoms with Gasteiger partial charge in [0.15, 0.2) is 0 Å². The number of hydrogen-bond donors (Lipinski definition) is 1. The summed E-state index contributed by atoms with van der Waals surface area (Å²) in [5.41, 5.74) is 1.61. The van der Waals surface area contributed by atoms with Crippen LogP contribution in [0.1, 0.15) is 5.56 Å². The van der Waals surface area contributed by atoms with Crippen LogP contribution < -0.4 is 5.32 Å². The first-order chi connectivity index (χ1) is 8.56. The summed E-state index contributed by atoms with van der Waals surface area (Å²) in [4.78, 5) is 0. The predicted octanol–water partition coefficient (Wildman–Crippen LogP) is 5.51. The van der Waals surface area contributed by atoms with E-state index in [1.165, 1.54) is 12.1 Å². The zero-order valence-corrected chi connectivity index (χ0v) is 12.3. The van der Waals surface area contributed by atoms with Crippen LogP contribution in [-0.4, -0.2) is 0 Å². The van der Waals surface area contributed by atoms with Gasteiger partial charge in [-0.3, -0.25) is 0 Å². The molecular weight excluding hydrogens is 340 g/mol. The van der Waals surface area contributed by atoms with E-state index in [-0.39, 0.29) is 10.0 Å². The summed E-state index contributed by atoms with van der Waals surface area (Å²) in [5.74, 6) is -0.446. The van der Waals surface area contributed by atoms with Gasteiger partial charge in [0.2, 0.25) is 0 Å². The molecule has 94 valence electrons. The molecule has 2 aromatic carbocycles. The Bertz CT molecular complexity index is 552. The Hall–Kier alpha value is -0.770. The van der Waals surface area contributed by atoms with E-state index in [1.54, 1.807) is 0 Å². The first-order valence-electron chi connectivity index (χ1n) is 5.19. The van der Waals surface area contributed by atoms with Crippen molar-refractivity contribution >= 4 is 44.8 Å². The highest BCUT2D eigenvalue weighted by atomic mass is 79.9. The molecule has 1 N–H and O–H groups in total. The third-order valence-corrected chi connectivity index (χ3v) is 3.45. The maximum Gasteiger partial charge on any atom is 0.126 e. The molecule has 18 heavy (non-hydrogen) atoms. The van der Waals surface area contributed by atoms with Crippen LogP contribution in [0.2, 0.25) is 10.0 Å². The van der Waals surface area contributed by atoms with Gasteiger partial charge in [-0.25, -0.2) is 4.39 Å². The van der Waals surface area contributed by atoms with E-state index in [9.17, 15) is 4.39 Å². The molecule has 1 nitrogen and oxygen atoms in total. The van der Waals surface area contributed by atoms with Crippen LogP contribution in [0.3, 0.4) is 0 Å². The molecule has 0 saturated carbocycles. The maximum absolute atomic E-state index is 13.0. The summed E-state index contributed by atoms with van der Waals surface area (Å²) < 4.78 is 14.0. The molecule has 0 unspecified atom stereocenters. The Morgan fingerprint density at radius 2 is 1.78 bits per heavy atom. The lowest BCUT2D eigenvalue weighted by Gasteiger charge is -2.10. The zero-order valence-electron chi connectivity index (χ0n) is 9.18. The lowest BCUT2D eigenvalue weighted by Crippen LogP contribution is -2.01. The van der Waals surface area contributed by atoms with Gasteiger partial charge in [-0.05, 0) is 29.8 Å². The SMILES string of the molecule is Fc1cc(Cl)c(NCc2cccc(Br)c2)c(Cl)c1. The molecule has 0 radical (unpaired) electrons. The van der Waals surface area contributed by atoms with Gasteiger partial charge in [-0.15, -0.1) is 0 Å². The molecule has 0 saturated heterocycles. The van der Waals surface area contributed by atoms with Crippen molar-refractivity contribution in [3.8, 4) is 0 Å². The summed E-state index contributed by atoms with van der Waals surface area (Å²) in [7, 11) is 0. The first kappa shape index (κ1) is 13.7. The molecule has 5 heteroatoms. The Balaban J connectivity index is 2.16. The van der Waals surface area contributed by atoms with Gasteiger partial charge in [-0.2, -0.15) is 0 Å². The van der Waals surface area contributed by atoms with Crippen LogP contribution in [0.25, 0.3) is 0 Å². The summed E-state index contributed by atoms with van der Waals surface area (Å²) in [6.45, 7) is 0.560. The summed E-state index contributed by atoms with van der Waals surface area (Å²) >= 11 is 15.3. The third-order valence-electron chi connectivity index (χ3n) is 2.37. The molecule has 0 spiro atoms. The smallest absolute Gasteiger partial charge is 0.126 e. The first-order valence-corrected chi connectivity index (χ1v) is 6.74. The number of nitrogens with one attached hydrogen (secondary N) is 1. The highest BCUT2D eigenvalue weighted by Gasteiger charge is 2.08. The lowest BCUT2D eigenvalue weighted by atomic mass is 10.2. The quantitative estimate of drug-likeness (QED) is 0.771. The van der Waals surface area contributed by atoms with Crippen LogP contribution in [-0.2, 0) is 6.54 Å². The number of halogens is 4. The van der Waals surface area contributed by atoms with Crippen molar-refractivity contribution in [1.82, 2.24) is 0 Å².